The lowest BCUT2D eigenvalue weighted by molar-refractivity contribution is -0.137. The van der Waals surface area contributed by atoms with Crippen molar-refractivity contribution in [3.05, 3.63) is 59.8 Å². The summed E-state index contributed by atoms with van der Waals surface area (Å²) < 4.78 is 48.9. The highest BCUT2D eigenvalue weighted by atomic mass is 19.4. The number of nitrogens with one attached hydrogen (secondary N) is 2. The van der Waals surface area contributed by atoms with Gasteiger partial charge < -0.3 is 19.8 Å². The van der Waals surface area contributed by atoms with Crippen LogP contribution in [0.25, 0.3) is 10.9 Å². The molecular formula is C23H21F3N2O3. The maximum absolute atomic E-state index is 12.6. The van der Waals surface area contributed by atoms with Crippen molar-refractivity contribution in [3.8, 4) is 5.75 Å². The third-order valence-corrected chi connectivity index (χ3v) is 6.10. The molecular weight excluding hydrogens is 409 g/mol. The zero-order chi connectivity index (χ0) is 21.6. The van der Waals surface area contributed by atoms with Crippen LogP contribution in [0.4, 0.5) is 18.9 Å². The van der Waals surface area contributed by atoms with E-state index in [4.69, 9.17) is 9.47 Å². The number of halogens is 3. The Morgan fingerprint density at radius 1 is 1.13 bits per heavy atom. The van der Waals surface area contributed by atoms with E-state index >= 15 is 0 Å². The average molecular weight is 430 g/mol. The first-order valence-electron chi connectivity index (χ1n) is 10.2. The fourth-order valence-corrected chi connectivity index (χ4v) is 4.30. The van der Waals surface area contributed by atoms with Gasteiger partial charge in [-0.2, -0.15) is 13.2 Å². The third-order valence-electron chi connectivity index (χ3n) is 6.10. The maximum atomic E-state index is 12.6. The second-order valence-corrected chi connectivity index (χ2v) is 8.08. The lowest BCUT2D eigenvalue weighted by Crippen LogP contribution is -2.18. The number of hydrogen-bond donors (Lipinski definition) is 2. The van der Waals surface area contributed by atoms with Gasteiger partial charge >= 0.3 is 6.18 Å². The molecule has 1 saturated carbocycles. The molecule has 1 aliphatic carbocycles. The minimum Gasteiger partial charge on any atom is -0.493 e. The van der Waals surface area contributed by atoms with Crippen LogP contribution < -0.4 is 10.1 Å². The zero-order valence-electron chi connectivity index (χ0n) is 16.5. The first kappa shape index (κ1) is 19.9. The molecule has 162 valence electrons. The molecule has 3 aromatic rings. The Balaban J connectivity index is 1.21. The third kappa shape index (κ3) is 3.99. The monoisotopic (exact) mass is 430 g/mol. The topological polar surface area (TPSA) is 63.4 Å². The van der Waals surface area contributed by atoms with Gasteiger partial charge in [0.2, 0.25) is 5.91 Å². The van der Waals surface area contributed by atoms with Gasteiger partial charge in [0.05, 0.1) is 31.1 Å². The molecule has 2 aromatic carbocycles. The predicted molar refractivity (Wildman–Crippen MR) is 109 cm³/mol. The molecule has 31 heavy (non-hydrogen) atoms. The standard InChI is InChI=1S/C23H21F3N2O3/c24-23(25,26)14-2-4-15(5-3-14)31-8-7-13-1-6-19-16(9-13)20(10-27-19)28-22(29)21-17-11-30-12-18(17)21/h1-6,9-10,17-18,21,27H,7-8,11-12H2,(H,28,29). The van der Waals surface area contributed by atoms with E-state index in [0.29, 0.717) is 43.8 Å². The number of carbonyl (C=O) groups excluding carboxylic acids is 1. The van der Waals surface area contributed by atoms with Gasteiger partial charge in [-0.15, -0.1) is 0 Å². The molecule has 5 rings (SSSR count). The van der Waals surface area contributed by atoms with Crippen LogP contribution >= 0.6 is 0 Å². The molecule has 2 unspecified atom stereocenters. The summed E-state index contributed by atoms with van der Waals surface area (Å²) >= 11 is 0. The van der Waals surface area contributed by atoms with Crippen molar-refractivity contribution in [1.29, 1.82) is 0 Å². The van der Waals surface area contributed by atoms with Crippen LogP contribution in [-0.2, 0) is 22.1 Å². The zero-order valence-corrected chi connectivity index (χ0v) is 16.5. The molecule has 1 aliphatic heterocycles. The number of fused-ring (bicyclic) bond motifs is 2. The van der Waals surface area contributed by atoms with Gasteiger partial charge in [0.15, 0.2) is 0 Å². The average Bonchev–Trinajstić information content (AvgIpc) is 3.05. The largest absolute Gasteiger partial charge is 0.493 e. The number of anilines is 1. The molecule has 2 N–H and O–H groups in total. The van der Waals surface area contributed by atoms with Crippen LogP contribution in [0.15, 0.2) is 48.7 Å². The molecule has 1 aromatic heterocycles. The van der Waals surface area contributed by atoms with E-state index in [1.807, 2.05) is 18.2 Å². The highest BCUT2D eigenvalue weighted by Gasteiger charge is 2.58. The summed E-state index contributed by atoms with van der Waals surface area (Å²) in [5.41, 5.74) is 1.97. The van der Waals surface area contributed by atoms with Gasteiger partial charge in [-0.25, -0.2) is 0 Å². The molecule has 2 heterocycles. The molecule has 2 aliphatic rings. The predicted octanol–water partition coefficient (Wildman–Crippen LogP) is 4.64. The van der Waals surface area contributed by atoms with Gasteiger partial charge in [-0.1, -0.05) is 6.07 Å². The van der Waals surface area contributed by atoms with Crippen LogP contribution in [0.3, 0.4) is 0 Å². The summed E-state index contributed by atoms with van der Waals surface area (Å²) in [6.45, 7) is 1.66. The maximum Gasteiger partial charge on any atom is 0.416 e. The number of H-pyrrole nitrogens is 1. The minimum absolute atomic E-state index is 0.0373. The number of ether oxygens (including phenoxy) is 2. The van der Waals surface area contributed by atoms with E-state index in [0.717, 1.165) is 34.3 Å². The Morgan fingerprint density at radius 3 is 2.58 bits per heavy atom. The molecule has 2 fully saturated rings. The number of carbonyl (C=O) groups is 1. The van der Waals surface area contributed by atoms with E-state index in [-0.39, 0.29) is 11.8 Å². The normalized spacial score (nSPS) is 22.4. The Hall–Kier alpha value is -3.00. The Labute approximate surface area is 176 Å². The van der Waals surface area contributed by atoms with Gasteiger partial charge in [-0.3, -0.25) is 4.79 Å². The van der Waals surface area contributed by atoms with E-state index in [2.05, 4.69) is 10.3 Å². The molecule has 2 atom stereocenters. The lowest BCUT2D eigenvalue weighted by atomic mass is 10.1. The molecule has 1 saturated heterocycles. The van der Waals surface area contributed by atoms with Crippen LogP contribution in [0.2, 0.25) is 0 Å². The van der Waals surface area contributed by atoms with Crippen LogP contribution in [0, 0.1) is 17.8 Å². The summed E-state index contributed by atoms with van der Waals surface area (Å²) in [5.74, 6) is 1.17. The van der Waals surface area contributed by atoms with Crippen LogP contribution in [0.1, 0.15) is 11.1 Å². The van der Waals surface area contributed by atoms with Crippen molar-refractivity contribution in [1.82, 2.24) is 4.98 Å². The number of aromatic nitrogens is 1. The number of aromatic amines is 1. The molecule has 0 bridgehead atoms. The Kier molecular flexibility index (Phi) is 4.89. The van der Waals surface area contributed by atoms with Gasteiger partial charge in [0, 0.05) is 29.4 Å². The second-order valence-electron chi connectivity index (χ2n) is 8.08. The summed E-state index contributed by atoms with van der Waals surface area (Å²) in [4.78, 5) is 15.7. The first-order chi connectivity index (χ1) is 14.9. The smallest absolute Gasteiger partial charge is 0.416 e. The number of hydrogen-bond acceptors (Lipinski definition) is 3. The van der Waals surface area contributed by atoms with Crippen molar-refractivity contribution in [2.24, 2.45) is 17.8 Å². The second kappa shape index (κ2) is 7.60. The van der Waals surface area contributed by atoms with Crippen molar-refractivity contribution < 1.29 is 27.4 Å². The molecule has 0 radical (unpaired) electrons. The summed E-state index contributed by atoms with van der Waals surface area (Å²) in [7, 11) is 0. The van der Waals surface area contributed by atoms with Crippen molar-refractivity contribution in [3.63, 3.8) is 0 Å². The number of benzene rings is 2. The van der Waals surface area contributed by atoms with Gasteiger partial charge in [0.25, 0.3) is 0 Å². The summed E-state index contributed by atoms with van der Waals surface area (Å²) in [6, 6.07) is 10.6. The van der Waals surface area contributed by atoms with Crippen molar-refractivity contribution >= 4 is 22.5 Å². The number of amides is 1. The Morgan fingerprint density at radius 2 is 1.87 bits per heavy atom. The molecule has 0 spiro atoms. The van der Waals surface area contributed by atoms with E-state index in [1.54, 1.807) is 6.20 Å². The van der Waals surface area contributed by atoms with Crippen LogP contribution in [-0.4, -0.2) is 30.7 Å². The highest BCUT2D eigenvalue weighted by Crippen LogP contribution is 2.51. The summed E-state index contributed by atoms with van der Waals surface area (Å²) in [5, 5.41) is 3.95. The quantitative estimate of drug-likeness (QED) is 0.599. The first-order valence-corrected chi connectivity index (χ1v) is 10.2. The Bertz CT molecular complexity index is 1100. The molecule has 1 amide bonds. The number of alkyl halides is 3. The van der Waals surface area contributed by atoms with Crippen molar-refractivity contribution in [2.75, 3.05) is 25.1 Å². The fraction of sp³-hybridized carbons (Fsp3) is 0.348. The SMILES string of the molecule is O=C(Nc1c[nH]c2ccc(CCOc3ccc(C(F)(F)F)cc3)cc12)C1C2COCC21. The minimum atomic E-state index is -4.36. The van der Waals surface area contributed by atoms with Gasteiger partial charge in [-0.05, 0) is 53.8 Å². The summed E-state index contributed by atoms with van der Waals surface area (Å²) in [6.07, 6.45) is -1.98. The lowest BCUT2D eigenvalue weighted by Gasteiger charge is -2.10. The van der Waals surface area contributed by atoms with Gasteiger partial charge in [0.1, 0.15) is 5.75 Å². The fourth-order valence-electron chi connectivity index (χ4n) is 4.30. The van der Waals surface area contributed by atoms with E-state index in [9.17, 15) is 18.0 Å². The molecule has 8 heteroatoms. The molecule has 5 nitrogen and oxygen atoms in total. The van der Waals surface area contributed by atoms with E-state index in [1.165, 1.54) is 12.1 Å². The number of rotatable bonds is 6. The highest BCUT2D eigenvalue weighted by molar-refractivity contribution is 6.03. The van der Waals surface area contributed by atoms with E-state index < -0.39 is 11.7 Å². The van der Waals surface area contributed by atoms with Crippen molar-refractivity contribution in [2.45, 2.75) is 12.6 Å². The van der Waals surface area contributed by atoms with Crippen LogP contribution in [0.5, 0.6) is 5.75 Å².